The van der Waals surface area contributed by atoms with Crippen LogP contribution in [-0.4, -0.2) is 42.5 Å². The predicted octanol–water partition coefficient (Wildman–Crippen LogP) is 2.16. The van der Waals surface area contributed by atoms with Gasteiger partial charge >= 0.3 is 0 Å². The number of non-ortho nitro benzene ring substituents is 1. The van der Waals surface area contributed by atoms with Gasteiger partial charge < -0.3 is 15.4 Å². The van der Waals surface area contributed by atoms with Gasteiger partial charge in [0.05, 0.1) is 22.1 Å². The lowest BCUT2D eigenvalue weighted by atomic mass is 10.0. The number of benzene rings is 1. The molecule has 0 aliphatic carbocycles. The van der Waals surface area contributed by atoms with Crippen molar-refractivity contribution in [2.75, 3.05) is 19.8 Å². The second-order valence-electron chi connectivity index (χ2n) is 6.59. The second kappa shape index (κ2) is 8.95. The molecule has 2 N–H and O–H groups in total. The van der Waals surface area contributed by atoms with E-state index in [0.29, 0.717) is 19.8 Å². The van der Waals surface area contributed by atoms with Crippen molar-refractivity contribution in [2.24, 2.45) is 11.8 Å². The summed E-state index contributed by atoms with van der Waals surface area (Å²) < 4.78 is 5.28. The van der Waals surface area contributed by atoms with E-state index in [1.165, 1.54) is 12.1 Å². The number of rotatable bonds is 7. The highest BCUT2D eigenvalue weighted by molar-refractivity contribution is 6.34. The minimum Gasteiger partial charge on any atom is -0.381 e. The molecule has 1 heterocycles. The summed E-state index contributed by atoms with van der Waals surface area (Å²) in [4.78, 5) is 35.1. The Hall–Kier alpha value is -2.19. The Labute approximate surface area is 156 Å². The van der Waals surface area contributed by atoms with Crippen LogP contribution >= 0.6 is 11.6 Å². The zero-order chi connectivity index (χ0) is 19.3. The average molecular weight is 384 g/mol. The van der Waals surface area contributed by atoms with Gasteiger partial charge in [-0.15, -0.1) is 0 Å². The van der Waals surface area contributed by atoms with E-state index in [9.17, 15) is 19.7 Å². The third kappa shape index (κ3) is 5.15. The zero-order valence-electron chi connectivity index (χ0n) is 14.7. The van der Waals surface area contributed by atoms with Crippen LogP contribution in [-0.2, 0) is 9.53 Å². The molecule has 2 amide bonds. The van der Waals surface area contributed by atoms with Crippen LogP contribution in [0.1, 0.15) is 30.6 Å². The summed E-state index contributed by atoms with van der Waals surface area (Å²) in [6.07, 6.45) is 0.900. The average Bonchev–Trinajstić information content (AvgIpc) is 3.10. The summed E-state index contributed by atoms with van der Waals surface area (Å²) in [5.74, 6) is -0.691. The molecule has 0 unspecified atom stereocenters. The Kier molecular flexibility index (Phi) is 6.93. The van der Waals surface area contributed by atoms with E-state index in [0.717, 1.165) is 12.5 Å². The molecule has 9 heteroatoms. The standard InChI is InChI=1S/C17H22ClN3O5/c1-10(2)15(17(23)19-8-11-5-6-26-9-11)20-16(22)13-4-3-12(21(24)25)7-14(13)18/h3-4,7,10-11,15H,5-6,8-9H2,1-2H3,(H,19,23)(H,20,22)/t11-,15+/m0/s1. The Morgan fingerprint density at radius 1 is 1.42 bits per heavy atom. The Morgan fingerprint density at radius 3 is 2.69 bits per heavy atom. The molecule has 1 saturated heterocycles. The van der Waals surface area contributed by atoms with Gasteiger partial charge in [0.25, 0.3) is 11.6 Å². The minimum atomic E-state index is -0.740. The Balaban J connectivity index is 2.02. The van der Waals surface area contributed by atoms with Crippen LogP contribution in [0, 0.1) is 22.0 Å². The van der Waals surface area contributed by atoms with Crippen LogP contribution in [0.4, 0.5) is 5.69 Å². The number of nitrogens with one attached hydrogen (secondary N) is 2. The molecular formula is C17H22ClN3O5. The summed E-state index contributed by atoms with van der Waals surface area (Å²) in [7, 11) is 0. The smallest absolute Gasteiger partial charge is 0.270 e. The Morgan fingerprint density at radius 2 is 2.15 bits per heavy atom. The number of hydrogen-bond donors (Lipinski definition) is 2. The van der Waals surface area contributed by atoms with Crippen molar-refractivity contribution in [3.05, 3.63) is 38.9 Å². The molecule has 8 nitrogen and oxygen atoms in total. The van der Waals surface area contributed by atoms with Gasteiger partial charge in [0.15, 0.2) is 0 Å². The molecule has 1 aliphatic rings. The van der Waals surface area contributed by atoms with Gasteiger partial charge in [-0.25, -0.2) is 0 Å². The quantitative estimate of drug-likeness (QED) is 0.553. The third-order valence-electron chi connectivity index (χ3n) is 4.23. The molecule has 0 radical (unpaired) electrons. The number of halogens is 1. The van der Waals surface area contributed by atoms with Crippen LogP contribution in [0.5, 0.6) is 0 Å². The molecule has 1 aromatic carbocycles. The summed E-state index contributed by atoms with van der Waals surface area (Å²) in [6.45, 7) is 5.46. The first-order valence-electron chi connectivity index (χ1n) is 8.40. The van der Waals surface area contributed by atoms with Crippen LogP contribution in [0.3, 0.4) is 0 Å². The van der Waals surface area contributed by atoms with Gasteiger partial charge in [0.2, 0.25) is 5.91 Å². The lowest BCUT2D eigenvalue weighted by Crippen LogP contribution is -2.50. The second-order valence-corrected chi connectivity index (χ2v) is 7.00. The van der Waals surface area contributed by atoms with Crippen molar-refractivity contribution in [1.29, 1.82) is 0 Å². The molecule has 0 bridgehead atoms. The predicted molar refractivity (Wildman–Crippen MR) is 96.1 cm³/mol. The first kappa shape index (κ1) is 20.1. The van der Waals surface area contributed by atoms with Crippen molar-refractivity contribution in [3.63, 3.8) is 0 Å². The molecule has 0 spiro atoms. The van der Waals surface area contributed by atoms with Crippen LogP contribution < -0.4 is 10.6 Å². The van der Waals surface area contributed by atoms with Gasteiger partial charge in [-0.3, -0.25) is 19.7 Å². The highest BCUT2D eigenvalue weighted by atomic mass is 35.5. The summed E-state index contributed by atoms with van der Waals surface area (Å²) >= 11 is 5.98. The zero-order valence-corrected chi connectivity index (χ0v) is 15.4. The number of nitro benzene ring substituents is 1. The topological polar surface area (TPSA) is 111 Å². The maximum atomic E-state index is 12.5. The molecule has 2 rings (SSSR count). The molecule has 1 aromatic rings. The molecule has 2 atom stereocenters. The van der Waals surface area contributed by atoms with Crippen LogP contribution in [0.25, 0.3) is 0 Å². The first-order chi connectivity index (χ1) is 12.3. The van der Waals surface area contributed by atoms with Crippen molar-refractivity contribution in [2.45, 2.75) is 26.3 Å². The monoisotopic (exact) mass is 383 g/mol. The number of ether oxygens (including phenoxy) is 1. The maximum absolute atomic E-state index is 12.5. The van der Waals surface area contributed by atoms with Crippen molar-refractivity contribution >= 4 is 29.1 Å². The van der Waals surface area contributed by atoms with Gasteiger partial charge in [0.1, 0.15) is 6.04 Å². The van der Waals surface area contributed by atoms with Gasteiger partial charge in [0, 0.05) is 31.2 Å². The van der Waals surface area contributed by atoms with Crippen LogP contribution in [0.15, 0.2) is 18.2 Å². The number of carbonyl (C=O) groups is 2. The molecular weight excluding hydrogens is 362 g/mol. The van der Waals surface area contributed by atoms with E-state index < -0.39 is 16.9 Å². The molecule has 26 heavy (non-hydrogen) atoms. The number of amides is 2. The van der Waals surface area contributed by atoms with Crippen molar-refractivity contribution in [1.82, 2.24) is 10.6 Å². The van der Waals surface area contributed by atoms with Gasteiger partial charge in [-0.2, -0.15) is 0 Å². The molecule has 0 aromatic heterocycles. The minimum absolute atomic E-state index is 0.0391. The Bertz CT molecular complexity index is 689. The number of nitro groups is 1. The van der Waals surface area contributed by atoms with Crippen LogP contribution in [0.2, 0.25) is 5.02 Å². The van der Waals surface area contributed by atoms with E-state index in [4.69, 9.17) is 16.3 Å². The number of carbonyl (C=O) groups excluding carboxylic acids is 2. The first-order valence-corrected chi connectivity index (χ1v) is 8.77. The summed E-state index contributed by atoms with van der Waals surface area (Å²) in [5, 5.41) is 16.2. The fourth-order valence-electron chi connectivity index (χ4n) is 2.65. The number of nitrogens with zero attached hydrogens (tertiary/aromatic N) is 1. The van der Waals surface area contributed by atoms with Gasteiger partial charge in [-0.1, -0.05) is 25.4 Å². The van der Waals surface area contributed by atoms with Crippen molar-refractivity contribution < 1.29 is 19.2 Å². The summed E-state index contributed by atoms with van der Waals surface area (Å²) in [6, 6.07) is 2.85. The van der Waals surface area contributed by atoms with Crippen molar-refractivity contribution in [3.8, 4) is 0 Å². The van der Waals surface area contributed by atoms with E-state index in [-0.39, 0.29) is 34.0 Å². The summed E-state index contributed by atoms with van der Waals surface area (Å²) in [5.41, 5.74) is -0.122. The molecule has 1 aliphatic heterocycles. The normalized spacial score (nSPS) is 17.8. The van der Waals surface area contributed by atoms with Gasteiger partial charge in [-0.05, 0) is 18.4 Å². The maximum Gasteiger partial charge on any atom is 0.270 e. The van der Waals surface area contributed by atoms with E-state index >= 15 is 0 Å². The lowest BCUT2D eigenvalue weighted by Gasteiger charge is -2.22. The molecule has 1 fully saturated rings. The highest BCUT2D eigenvalue weighted by Gasteiger charge is 2.27. The number of hydrogen-bond acceptors (Lipinski definition) is 5. The molecule has 142 valence electrons. The fraction of sp³-hybridized carbons (Fsp3) is 0.529. The van der Waals surface area contributed by atoms with E-state index in [1.807, 2.05) is 13.8 Å². The molecule has 0 saturated carbocycles. The largest absolute Gasteiger partial charge is 0.381 e. The van der Waals surface area contributed by atoms with E-state index in [1.54, 1.807) is 0 Å². The van der Waals surface area contributed by atoms with E-state index in [2.05, 4.69) is 10.6 Å². The highest BCUT2D eigenvalue weighted by Crippen LogP contribution is 2.22. The SMILES string of the molecule is CC(C)[C@@H](NC(=O)c1ccc([N+](=O)[O-])cc1Cl)C(=O)NC[C@@H]1CCOC1. The third-order valence-corrected chi connectivity index (χ3v) is 4.55. The lowest BCUT2D eigenvalue weighted by molar-refractivity contribution is -0.384. The fourth-order valence-corrected chi connectivity index (χ4v) is 2.92.